The number of carbonyl (C=O) groups excluding carboxylic acids is 2. The van der Waals surface area contributed by atoms with Crippen molar-refractivity contribution in [2.45, 2.75) is 25.8 Å². The quantitative estimate of drug-likeness (QED) is 0.725. The zero-order valence-corrected chi connectivity index (χ0v) is 18.9. The summed E-state index contributed by atoms with van der Waals surface area (Å²) in [7, 11) is 0. The minimum absolute atomic E-state index is 0.00816. The van der Waals surface area contributed by atoms with Crippen LogP contribution in [0.2, 0.25) is 0 Å². The first-order valence-corrected chi connectivity index (χ1v) is 11.6. The van der Waals surface area contributed by atoms with E-state index >= 15 is 0 Å². The second-order valence-electron chi connectivity index (χ2n) is 9.20. The molecule has 2 aromatic rings. The molecule has 0 N–H and O–H groups in total. The molecular formula is C26H28N4O3. The maximum atomic E-state index is 13.5. The first-order valence-electron chi connectivity index (χ1n) is 11.6. The molecule has 0 radical (unpaired) electrons. The van der Waals surface area contributed by atoms with E-state index in [4.69, 9.17) is 10.00 Å². The van der Waals surface area contributed by atoms with Gasteiger partial charge in [-0.1, -0.05) is 25.1 Å². The predicted molar refractivity (Wildman–Crippen MR) is 125 cm³/mol. The van der Waals surface area contributed by atoms with Crippen LogP contribution in [0.5, 0.6) is 0 Å². The number of fused-ring (bicyclic) bond motifs is 1. The molecule has 0 bridgehead atoms. The molecule has 3 heterocycles. The van der Waals surface area contributed by atoms with Gasteiger partial charge in [-0.2, -0.15) is 5.26 Å². The summed E-state index contributed by atoms with van der Waals surface area (Å²) in [5.74, 6) is -0.186. The van der Waals surface area contributed by atoms with Crippen molar-refractivity contribution >= 4 is 23.2 Å². The van der Waals surface area contributed by atoms with Crippen molar-refractivity contribution in [1.82, 2.24) is 4.90 Å². The number of amides is 2. The fraction of sp³-hybridized carbons (Fsp3) is 0.423. The van der Waals surface area contributed by atoms with Gasteiger partial charge in [0, 0.05) is 56.4 Å². The maximum Gasteiger partial charge on any atom is 0.232 e. The topological polar surface area (TPSA) is 76.9 Å². The summed E-state index contributed by atoms with van der Waals surface area (Å²) in [6.07, 6.45) is 0.199. The highest BCUT2D eigenvalue weighted by Gasteiger charge is 2.40. The van der Waals surface area contributed by atoms with Gasteiger partial charge in [-0.05, 0) is 35.4 Å². The van der Waals surface area contributed by atoms with Crippen molar-refractivity contribution in [2.24, 2.45) is 5.92 Å². The van der Waals surface area contributed by atoms with Gasteiger partial charge >= 0.3 is 0 Å². The van der Waals surface area contributed by atoms with Crippen molar-refractivity contribution in [1.29, 1.82) is 5.26 Å². The van der Waals surface area contributed by atoms with Crippen molar-refractivity contribution in [3.8, 4) is 6.07 Å². The number of morpholine rings is 1. The highest BCUT2D eigenvalue weighted by Crippen LogP contribution is 2.39. The van der Waals surface area contributed by atoms with E-state index < -0.39 is 0 Å². The predicted octanol–water partition coefficient (Wildman–Crippen LogP) is 2.89. The first kappa shape index (κ1) is 21.6. The molecule has 3 aliphatic rings. The van der Waals surface area contributed by atoms with Crippen LogP contribution < -0.4 is 9.80 Å². The van der Waals surface area contributed by atoms with E-state index in [-0.39, 0.29) is 30.1 Å². The van der Waals surface area contributed by atoms with Crippen LogP contribution in [0.3, 0.4) is 0 Å². The Balaban J connectivity index is 1.31. The summed E-state index contributed by atoms with van der Waals surface area (Å²) in [6, 6.07) is 15.5. The number of anilines is 2. The molecule has 2 aromatic carbocycles. The average Bonchev–Trinajstić information content (AvgIpc) is 3.39. The standard InChI is InChI=1S/C26H28N4O3/c1-18-15-30(24-6-5-20(12-23(18)24)16-28-7-9-33-10-8-28)26(32)21-13-25(31)29(17-21)22-4-2-3-19(11-22)14-27/h2-6,11-12,18,21H,7-10,13,15-17H2,1H3/t18?,21-/m0/s1. The molecule has 7 heteroatoms. The first-order chi connectivity index (χ1) is 16.0. The van der Waals surface area contributed by atoms with Crippen LogP contribution in [0.4, 0.5) is 11.4 Å². The number of benzene rings is 2. The SMILES string of the molecule is CC1CN(C(=O)[C@H]2CC(=O)N(c3cccc(C#N)c3)C2)c2ccc(CN3CCOCC3)cc21. The minimum Gasteiger partial charge on any atom is -0.379 e. The van der Waals surface area contributed by atoms with Crippen molar-refractivity contribution in [3.05, 3.63) is 59.2 Å². The summed E-state index contributed by atoms with van der Waals surface area (Å²) in [6.45, 7) is 7.49. The van der Waals surface area contributed by atoms with Gasteiger partial charge in [0.25, 0.3) is 0 Å². The third kappa shape index (κ3) is 4.24. The number of hydrogen-bond donors (Lipinski definition) is 0. The monoisotopic (exact) mass is 444 g/mol. The van der Waals surface area contributed by atoms with Gasteiger partial charge in [0.15, 0.2) is 0 Å². The molecule has 2 fully saturated rings. The van der Waals surface area contributed by atoms with Crippen molar-refractivity contribution in [2.75, 3.05) is 49.2 Å². The third-order valence-electron chi connectivity index (χ3n) is 6.91. The van der Waals surface area contributed by atoms with Gasteiger partial charge in [0.1, 0.15) is 0 Å². The lowest BCUT2D eigenvalue weighted by Crippen LogP contribution is -2.36. The number of nitrogens with zero attached hydrogens (tertiary/aromatic N) is 4. The summed E-state index contributed by atoms with van der Waals surface area (Å²) >= 11 is 0. The van der Waals surface area contributed by atoms with E-state index in [1.165, 1.54) is 11.1 Å². The number of hydrogen-bond acceptors (Lipinski definition) is 5. The van der Waals surface area contributed by atoms with E-state index in [9.17, 15) is 9.59 Å². The summed E-state index contributed by atoms with van der Waals surface area (Å²) in [5.41, 5.74) is 4.62. The Morgan fingerprint density at radius 1 is 1.15 bits per heavy atom. The molecule has 170 valence electrons. The molecule has 0 spiro atoms. The van der Waals surface area contributed by atoms with Crippen LogP contribution in [-0.4, -0.2) is 56.1 Å². The van der Waals surface area contributed by atoms with E-state index in [0.29, 0.717) is 24.3 Å². The van der Waals surface area contributed by atoms with Gasteiger partial charge in [-0.25, -0.2) is 0 Å². The summed E-state index contributed by atoms with van der Waals surface area (Å²) < 4.78 is 5.45. The van der Waals surface area contributed by atoms with Crippen LogP contribution in [0.15, 0.2) is 42.5 Å². The molecule has 0 aliphatic carbocycles. The fourth-order valence-electron chi connectivity index (χ4n) is 5.13. The molecule has 3 aliphatic heterocycles. The van der Waals surface area contributed by atoms with Crippen LogP contribution in [-0.2, 0) is 20.9 Å². The molecule has 2 amide bonds. The van der Waals surface area contributed by atoms with Gasteiger partial charge in [0.2, 0.25) is 11.8 Å². The molecule has 33 heavy (non-hydrogen) atoms. The smallest absolute Gasteiger partial charge is 0.232 e. The molecule has 2 atom stereocenters. The highest BCUT2D eigenvalue weighted by molar-refractivity contribution is 6.05. The molecule has 1 unspecified atom stereocenters. The summed E-state index contributed by atoms with van der Waals surface area (Å²) in [4.78, 5) is 32.1. The number of carbonyl (C=O) groups is 2. The number of rotatable bonds is 4. The second-order valence-corrected chi connectivity index (χ2v) is 9.20. The van der Waals surface area contributed by atoms with Gasteiger partial charge in [-0.3, -0.25) is 14.5 Å². The largest absolute Gasteiger partial charge is 0.379 e. The average molecular weight is 445 g/mol. The van der Waals surface area contributed by atoms with Gasteiger partial charge < -0.3 is 14.5 Å². The Morgan fingerprint density at radius 3 is 2.76 bits per heavy atom. The third-order valence-corrected chi connectivity index (χ3v) is 6.91. The zero-order valence-electron chi connectivity index (χ0n) is 18.9. The molecule has 7 nitrogen and oxygen atoms in total. The van der Waals surface area contributed by atoms with Crippen molar-refractivity contribution in [3.63, 3.8) is 0 Å². The number of ether oxygens (including phenoxy) is 1. The normalized spacial score (nSPS) is 23.0. The highest BCUT2D eigenvalue weighted by atomic mass is 16.5. The van der Waals surface area contributed by atoms with E-state index in [0.717, 1.165) is 38.5 Å². The van der Waals surface area contributed by atoms with Crippen LogP contribution in [0.1, 0.15) is 36.0 Å². The van der Waals surface area contributed by atoms with Crippen LogP contribution in [0, 0.1) is 17.2 Å². The molecule has 0 saturated carbocycles. The number of nitriles is 1. The Hall–Kier alpha value is -3.21. The van der Waals surface area contributed by atoms with E-state index in [2.05, 4.69) is 36.1 Å². The van der Waals surface area contributed by atoms with E-state index in [1.54, 1.807) is 23.1 Å². The Labute approximate surface area is 194 Å². The van der Waals surface area contributed by atoms with Gasteiger partial charge in [-0.15, -0.1) is 0 Å². The molecular weight excluding hydrogens is 416 g/mol. The maximum absolute atomic E-state index is 13.5. The lowest BCUT2D eigenvalue weighted by molar-refractivity contribution is -0.124. The summed E-state index contributed by atoms with van der Waals surface area (Å²) in [5, 5.41) is 9.16. The second kappa shape index (κ2) is 8.97. The Bertz CT molecular complexity index is 1120. The molecule has 0 aromatic heterocycles. The van der Waals surface area contributed by atoms with Gasteiger partial charge in [0.05, 0.1) is 30.8 Å². The lowest BCUT2D eigenvalue weighted by atomic mass is 10.0. The van der Waals surface area contributed by atoms with Crippen LogP contribution in [0.25, 0.3) is 0 Å². The zero-order chi connectivity index (χ0) is 22.9. The fourth-order valence-corrected chi connectivity index (χ4v) is 5.13. The Kier molecular flexibility index (Phi) is 5.88. The Morgan fingerprint density at radius 2 is 1.97 bits per heavy atom. The molecule has 2 saturated heterocycles. The van der Waals surface area contributed by atoms with E-state index in [1.807, 2.05) is 11.0 Å². The van der Waals surface area contributed by atoms with Crippen LogP contribution >= 0.6 is 0 Å². The minimum atomic E-state index is -0.380. The van der Waals surface area contributed by atoms with Crippen molar-refractivity contribution < 1.29 is 14.3 Å². The lowest BCUT2D eigenvalue weighted by Gasteiger charge is -2.27. The molecule has 5 rings (SSSR count).